The van der Waals surface area contributed by atoms with E-state index in [0.717, 1.165) is 11.3 Å². The van der Waals surface area contributed by atoms with E-state index in [1.165, 1.54) is 0 Å². The summed E-state index contributed by atoms with van der Waals surface area (Å²) < 4.78 is 0. The van der Waals surface area contributed by atoms with Gasteiger partial charge in [-0.25, -0.2) is 0 Å². The summed E-state index contributed by atoms with van der Waals surface area (Å²) in [7, 11) is 3.50. The predicted octanol–water partition coefficient (Wildman–Crippen LogP) is 0.457. The van der Waals surface area contributed by atoms with Crippen molar-refractivity contribution in [3.05, 3.63) is 17.5 Å². The Bertz CT molecular complexity index is 332. The number of amides is 1. The Morgan fingerprint density at radius 2 is 2.33 bits per heavy atom. The fraction of sp³-hybridized carbons (Fsp3) is 0.600. The predicted molar refractivity (Wildman–Crippen MR) is 58.4 cm³/mol. The summed E-state index contributed by atoms with van der Waals surface area (Å²) in [6.45, 7) is 4.33. The van der Waals surface area contributed by atoms with Crippen molar-refractivity contribution < 1.29 is 4.79 Å². The van der Waals surface area contributed by atoms with Crippen LogP contribution in [0.15, 0.2) is 6.20 Å². The zero-order valence-electron chi connectivity index (χ0n) is 9.66. The molecule has 1 aromatic rings. The average Bonchev–Trinajstić information content (AvgIpc) is 2.60. The lowest BCUT2D eigenvalue weighted by Crippen LogP contribution is -2.34. The maximum Gasteiger partial charge on any atom is 0.236 e. The van der Waals surface area contributed by atoms with E-state index in [9.17, 15) is 4.79 Å². The van der Waals surface area contributed by atoms with E-state index in [1.807, 2.05) is 13.8 Å². The molecule has 1 aromatic heterocycles. The summed E-state index contributed by atoms with van der Waals surface area (Å²) in [5, 5.41) is 9.97. The van der Waals surface area contributed by atoms with Gasteiger partial charge in [0.25, 0.3) is 0 Å². The van der Waals surface area contributed by atoms with E-state index < -0.39 is 0 Å². The van der Waals surface area contributed by atoms with Crippen LogP contribution >= 0.6 is 0 Å². The van der Waals surface area contributed by atoms with Crippen molar-refractivity contribution in [2.45, 2.75) is 19.9 Å². The van der Waals surface area contributed by atoms with Crippen LogP contribution in [-0.2, 0) is 4.79 Å². The van der Waals surface area contributed by atoms with Gasteiger partial charge in [-0.1, -0.05) is 0 Å². The van der Waals surface area contributed by atoms with Gasteiger partial charge in [0.2, 0.25) is 5.91 Å². The number of rotatable bonds is 4. The Morgan fingerprint density at radius 1 is 1.67 bits per heavy atom. The van der Waals surface area contributed by atoms with Crippen molar-refractivity contribution in [1.82, 2.24) is 20.4 Å². The molecule has 0 aromatic carbocycles. The maximum atomic E-state index is 11.3. The number of hydrogen-bond donors (Lipinski definition) is 2. The molecule has 0 aliphatic carbocycles. The topological polar surface area (TPSA) is 61.0 Å². The molecule has 0 saturated heterocycles. The molecular weight excluding hydrogens is 192 g/mol. The van der Waals surface area contributed by atoms with Crippen molar-refractivity contribution in [1.29, 1.82) is 0 Å². The molecule has 1 amide bonds. The monoisotopic (exact) mass is 210 g/mol. The molecular formula is C10H18N4O. The first-order valence-electron chi connectivity index (χ1n) is 4.95. The molecule has 2 N–H and O–H groups in total. The number of carbonyl (C=O) groups excluding carboxylic acids is 1. The van der Waals surface area contributed by atoms with E-state index in [0.29, 0.717) is 6.54 Å². The lowest BCUT2D eigenvalue weighted by Gasteiger charge is -2.15. The van der Waals surface area contributed by atoms with Gasteiger partial charge in [0, 0.05) is 31.4 Å². The van der Waals surface area contributed by atoms with Crippen molar-refractivity contribution in [3.63, 3.8) is 0 Å². The van der Waals surface area contributed by atoms with Crippen molar-refractivity contribution >= 4 is 5.91 Å². The second-order valence-corrected chi connectivity index (χ2v) is 3.84. The van der Waals surface area contributed by atoms with E-state index >= 15 is 0 Å². The lowest BCUT2D eigenvalue weighted by atomic mass is 10.1. The van der Waals surface area contributed by atoms with E-state index in [4.69, 9.17) is 0 Å². The molecule has 1 atom stereocenters. The number of likely N-dealkylation sites (N-methyl/N-ethyl adjacent to an activating group) is 1. The van der Waals surface area contributed by atoms with Gasteiger partial charge in [-0.05, 0) is 13.8 Å². The second kappa shape index (κ2) is 4.93. The minimum absolute atomic E-state index is 0.0722. The highest BCUT2D eigenvalue weighted by atomic mass is 16.2. The molecule has 5 nitrogen and oxygen atoms in total. The highest BCUT2D eigenvalue weighted by molar-refractivity contribution is 5.77. The highest BCUT2D eigenvalue weighted by Crippen LogP contribution is 2.13. The molecule has 0 aliphatic heterocycles. The summed E-state index contributed by atoms with van der Waals surface area (Å²) in [5.74, 6) is 0.0722. The summed E-state index contributed by atoms with van der Waals surface area (Å²) in [5.41, 5.74) is 2.13. The average molecular weight is 210 g/mol. The first-order chi connectivity index (χ1) is 7.02. The minimum atomic E-state index is 0.0722. The Kier molecular flexibility index (Phi) is 3.85. The first-order valence-corrected chi connectivity index (χ1v) is 4.95. The van der Waals surface area contributed by atoms with Gasteiger partial charge >= 0.3 is 0 Å². The van der Waals surface area contributed by atoms with Gasteiger partial charge in [0.1, 0.15) is 0 Å². The first kappa shape index (κ1) is 11.7. The highest BCUT2D eigenvalue weighted by Gasteiger charge is 2.11. The van der Waals surface area contributed by atoms with Crippen LogP contribution < -0.4 is 5.32 Å². The minimum Gasteiger partial charge on any atom is -0.348 e. The van der Waals surface area contributed by atoms with Gasteiger partial charge in [0.05, 0.1) is 12.7 Å². The fourth-order valence-electron chi connectivity index (χ4n) is 1.31. The van der Waals surface area contributed by atoms with Crippen LogP contribution in [0.2, 0.25) is 0 Å². The molecule has 84 valence electrons. The zero-order valence-corrected chi connectivity index (χ0v) is 9.66. The van der Waals surface area contributed by atoms with Gasteiger partial charge < -0.3 is 10.2 Å². The Labute approximate surface area is 89.9 Å². The Balaban J connectivity index is 2.47. The van der Waals surface area contributed by atoms with Crippen molar-refractivity contribution in [3.8, 4) is 0 Å². The van der Waals surface area contributed by atoms with Crippen LogP contribution in [-0.4, -0.2) is 41.6 Å². The third kappa shape index (κ3) is 3.06. The van der Waals surface area contributed by atoms with Crippen LogP contribution in [0.3, 0.4) is 0 Å². The Morgan fingerprint density at radius 3 is 2.80 bits per heavy atom. The quantitative estimate of drug-likeness (QED) is 0.759. The number of H-pyrrole nitrogens is 1. The van der Waals surface area contributed by atoms with Gasteiger partial charge in [0.15, 0.2) is 0 Å². The molecule has 0 spiro atoms. The Hall–Kier alpha value is -1.36. The summed E-state index contributed by atoms with van der Waals surface area (Å²) in [6, 6.07) is 0.132. The van der Waals surface area contributed by atoms with Gasteiger partial charge in [-0.15, -0.1) is 0 Å². The number of hydrogen-bond acceptors (Lipinski definition) is 3. The van der Waals surface area contributed by atoms with E-state index in [-0.39, 0.29) is 11.9 Å². The van der Waals surface area contributed by atoms with Crippen LogP contribution in [0, 0.1) is 6.92 Å². The zero-order chi connectivity index (χ0) is 11.4. The number of aromatic amines is 1. The molecule has 1 rings (SSSR count). The molecule has 1 heterocycles. The summed E-state index contributed by atoms with van der Waals surface area (Å²) in [4.78, 5) is 12.9. The molecule has 15 heavy (non-hydrogen) atoms. The number of carbonyl (C=O) groups is 1. The third-order valence-electron chi connectivity index (χ3n) is 2.39. The largest absolute Gasteiger partial charge is 0.348 e. The normalized spacial score (nSPS) is 12.5. The molecule has 0 bridgehead atoms. The number of nitrogens with one attached hydrogen (secondary N) is 2. The van der Waals surface area contributed by atoms with Gasteiger partial charge in [-0.3, -0.25) is 9.89 Å². The number of nitrogens with zero attached hydrogens (tertiary/aromatic N) is 2. The standard InChI is InChI=1S/C10H18N4O/c1-7(9-5-12-13-8(9)2)11-6-10(15)14(3)4/h5,7,11H,6H2,1-4H3,(H,12,13). The molecule has 0 aliphatic rings. The molecule has 0 radical (unpaired) electrons. The van der Waals surface area contributed by atoms with E-state index in [1.54, 1.807) is 25.2 Å². The summed E-state index contributed by atoms with van der Waals surface area (Å²) >= 11 is 0. The molecule has 0 saturated carbocycles. The number of aromatic nitrogens is 2. The van der Waals surface area contributed by atoms with Gasteiger partial charge in [-0.2, -0.15) is 5.10 Å². The number of aryl methyl sites for hydroxylation is 1. The van der Waals surface area contributed by atoms with Crippen LogP contribution in [0.25, 0.3) is 0 Å². The van der Waals surface area contributed by atoms with Crippen molar-refractivity contribution in [2.24, 2.45) is 0 Å². The van der Waals surface area contributed by atoms with E-state index in [2.05, 4.69) is 15.5 Å². The molecule has 1 unspecified atom stereocenters. The molecule has 5 heteroatoms. The van der Waals surface area contributed by atoms with Crippen LogP contribution in [0.5, 0.6) is 0 Å². The van der Waals surface area contributed by atoms with Crippen LogP contribution in [0.4, 0.5) is 0 Å². The summed E-state index contributed by atoms with van der Waals surface area (Å²) in [6.07, 6.45) is 1.78. The molecule has 0 fully saturated rings. The smallest absolute Gasteiger partial charge is 0.236 e. The van der Waals surface area contributed by atoms with Crippen LogP contribution in [0.1, 0.15) is 24.2 Å². The third-order valence-corrected chi connectivity index (χ3v) is 2.39. The second-order valence-electron chi connectivity index (χ2n) is 3.84. The fourth-order valence-corrected chi connectivity index (χ4v) is 1.31. The van der Waals surface area contributed by atoms with Crippen molar-refractivity contribution in [2.75, 3.05) is 20.6 Å². The SMILES string of the molecule is Cc1[nH]ncc1C(C)NCC(=O)N(C)C. The maximum absolute atomic E-state index is 11.3. The lowest BCUT2D eigenvalue weighted by molar-refractivity contribution is -0.127.